The van der Waals surface area contributed by atoms with Gasteiger partial charge in [-0.05, 0) is 24.3 Å². The molecule has 0 unspecified atom stereocenters. The second-order valence-electron chi connectivity index (χ2n) is 5.83. The molecular formula is C21H21N3O2. The molecule has 0 saturated carbocycles. The monoisotopic (exact) mass is 347 g/mol. The Morgan fingerprint density at radius 3 is 2.58 bits per heavy atom. The summed E-state index contributed by atoms with van der Waals surface area (Å²) in [6, 6.07) is 19.2. The van der Waals surface area contributed by atoms with E-state index in [0.717, 1.165) is 22.7 Å². The van der Waals surface area contributed by atoms with Crippen LogP contribution in [0.25, 0.3) is 0 Å². The smallest absolute Gasteiger partial charge is 0.259 e. The Morgan fingerprint density at radius 1 is 1.08 bits per heavy atom. The van der Waals surface area contributed by atoms with Gasteiger partial charge in [-0.15, -0.1) is 0 Å². The number of benzene rings is 2. The predicted octanol–water partition coefficient (Wildman–Crippen LogP) is 3.98. The van der Waals surface area contributed by atoms with Gasteiger partial charge in [0.15, 0.2) is 0 Å². The van der Waals surface area contributed by atoms with E-state index in [2.05, 4.69) is 10.3 Å². The average Bonchev–Trinajstić information content (AvgIpc) is 2.72. The number of anilines is 2. The number of carbonyl (C=O) groups is 1. The maximum atomic E-state index is 12.7. The maximum absolute atomic E-state index is 12.7. The first-order valence-corrected chi connectivity index (χ1v) is 8.33. The van der Waals surface area contributed by atoms with E-state index in [9.17, 15) is 4.79 Å². The minimum Gasteiger partial charge on any atom is -0.496 e. The van der Waals surface area contributed by atoms with Crippen LogP contribution >= 0.6 is 0 Å². The van der Waals surface area contributed by atoms with Gasteiger partial charge < -0.3 is 15.0 Å². The summed E-state index contributed by atoms with van der Waals surface area (Å²) in [5.41, 5.74) is 3.18. The summed E-state index contributed by atoms with van der Waals surface area (Å²) < 4.78 is 5.36. The van der Waals surface area contributed by atoms with Gasteiger partial charge in [0.2, 0.25) is 0 Å². The molecule has 3 aromatic rings. The first kappa shape index (κ1) is 17.5. The van der Waals surface area contributed by atoms with E-state index >= 15 is 0 Å². The van der Waals surface area contributed by atoms with Crippen LogP contribution in [-0.4, -0.2) is 25.0 Å². The van der Waals surface area contributed by atoms with Crippen LogP contribution in [0.3, 0.4) is 0 Å². The first-order valence-electron chi connectivity index (χ1n) is 8.33. The largest absolute Gasteiger partial charge is 0.496 e. The zero-order valence-corrected chi connectivity index (χ0v) is 14.8. The topological polar surface area (TPSA) is 54.5 Å². The van der Waals surface area contributed by atoms with Crippen molar-refractivity contribution in [3.8, 4) is 5.75 Å². The van der Waals surface area contributed by atoms with E-state index in [1.54, 1.807) is 31.5 Å². The Labute approximate surface area is 153 Å². The number of hydrogen-bond acceptors (Lipinski definition) is 4. The number of rotatable bonds is 6. The summed E-state index contributed by atoms with van der Waals surface area (Å²) in [5, 5.41) is 3.30. The van der Waals surface area contributed by atoms with Gasteiger partial charge >= 0.3 is 0 Å². The number of aromatic nitrogens is 1. The molecule has 1 heterocycles. The first-order chi connectivity index (χ1) is 12.7. The van der Waals surface area contributed by atoms with E-state index in [4.69, 9.17) is 4.74 Å². The fourth-order valence-electron chi connectivity index (χ4n) is 2.66. The Hall–Kier alpha value is -3.34. The molecule has 0 atom stereocenters. The van der Waals surface area contributed by atoms with Gasteiger partial charge in [0, 0.05) is 37.2 Å². The summed E-state index contributed by atoms with van der Waals surface area (Å²) >= 11 is 0. The summed E-state index contributed by atoms with van der Waals surface area (Å²) in [6.07, 6.45) is 3.28. The highest BCUT2D eigenvalue weighted by Gasteiger charge is 2.14. The van der Waals surface area contributed by atoms with Crippen molar-refractivity contribution in [1.82, 2.24) is 4.98 Å². The van der Waals surface area contributed by atoms with Crippen LogP contribution in [0.15, 0.2) is 73.1 Å². The standard InChI is InChI=1S/C21H21N3O2/c1-24(19-9-4-3-5-10-19)21(25)17-12-18(15-22-13-17)23-14-16-8-6-7-11-20(16)26-2/h3-13,15,23H,14H2,1-2H3. The lowest BCUT2D eigenvalue weighted by Gasteiger charge is -2.17. The van der Waals surface area contributed by atoms with Crippen LogP contribution < -0.4 is 15.0 Å². The summed E-state index contributed by atoms with van der Waals surface area (Å²) in [7, 11) is 3.41. The predicted molar refractivity (Wildman–Crippen MR) is 104 cm³/mol. The molecule has 1 N–H and O–H groups in total. The molecule has 5 nitrogen and oxygen atoms in total. The molecule has 0 saturated heterocycles. The minimum absolute atomic E-state index is 0.107. The van der Waals surface area contributed by atoms with E-state index in [1.807, 2.05) is 60.7 Å². The van der Waals surface area contributed by atoms with Gasteiger partial charge in [0.05, 0.1) is 18.4 Å². The number of carbonyl (C=O) groups excluding carboxylic acids is 1. The number of nitrogens with zero attached hydrogens (tertiary/aromatic N) is 2. The molecule has 3 rings (SSSR count). The molecule has 0 bridgehead atoms. The van der Waals surface area contributed by atoms with Crippen molar-refractivity contribution in [3.63, 3.8) is 0 Å². The van der Waals surface area contributed by atoms with Crippen LogP contribution in [0.2, 0.25) is 0 Å². The van der Waals surface area contributed by atoms with Crippen LogP contribution in [-0.2, 0) is 6.54 Å². The fourth-order valence-corrected chi connectivity index (χ4v) is 2.66. The van der Waals surface area contributed by atoms with Crippen molar-refractivity contribution in [1.29, 1.82) is 0 Å². The lowest BCUT2D eigenvalue weighted by atomic mass is 10.2. The summed E-state index contributed by atoms with van der Waals surface area (Å²) in [5.74, 6) is 0.716. The third kappa shape index (κ3) is 4.00. The molecule has 0 spiro atoms. The minimum atomic E-state index is -0.107. The lowest BCUT2D eigenvalue weighted by Crippen LogP contribution is -2.26. The third-order valence-corrected chi connectivity index (χ3v) is 4.11. The van der Waals surface area contributed by atoms with E-state index < -0.39 is 0 Å². The van der Waals surface area contributed by atoms with Crippen molar-refractivity contribution in [3.05, 3.63) is 84.2 Å². The Balaban J connectivity index is 1.73. The normalized spacial score (nSPS) is 10.2. The van der Waals surface area contributed by atoms with E-state index in [0.29, 0.717) is 12.1 Å². The van der Waals surface area contributed by atoms with Crippen molar-refractivity contribution in [2.75, 3.05) is 24.4 Å². The number of amides is 1. The molecule has 0 aliphatic heterocycles. The highest BCUT2D eigenvalue weighted by molar-refractivity contribution is 6.05. The SMILES string of the molecule is COc1ccccc1CNc1cncc(C(=O)N(C)c2ccccc2)c1. The van der Waals surface area contributed by atoms with Gasteiger partial charge in [0.1, 0.15) is 5.75 Å². The van der Waals surface area contributed by atoms with Gasteiger partial charge in [-0.3, -0.25) is 9.78 Å². The Bertz CT molecular complexity index is 881. The molecule has 132 valence electrons. The molecule has 0 aliphatic carbocycles. The van der Waals surface area contributed by atoms with Crippen LogP contribution in [0.5, 0.6) is 5.75 Å². The number of hydrogen-bond donors (Lipinski definition) is 1. The van der Waals surface area contributed by atoms with Crippen molar-refractivity contribution < 1.29 is 9.53 Å². The Kier molecular flexibility index (Phi) is 5.49. The third-order valence-electron chi connectivity index (χ3n) is 4.11. The van der Waals surface area contributed by atoms with Gasteiger partial charge in [-0.2, -0.15) is 0 Å². The van der Waals surface area contributed by atoms with E-state index in [1.165, 1.54) is 0 Å². The number of ether oxygens (including phenoxy) is 1. The molecule has 2 aromatic carbocycles. The molecule has 0 aliphatic rings. The highest BCUT2D eigenvalue weighted by atomic mass is 16.5. The van der Waals surface area contributed by atoms with Crippen molar-refractivity contribution >= 4 is 17.3 Å². The van der Waals surface area contributed by atoms with Crippen LogP contribution in [0.1, 0.15) is 15.9 Å². The van der Waals surface area contributed by atoms with Gasteiger partial charge in [-0.25, -0.2) is 0 Å². The van der Waals surface area contributed by atoms with Crippen LogP contribution in [0.4, 0.5) is 11.4 Å². The molecule has 1 aromatic heterocycles. The second-order valence-corrected chi connectivity index (χ2v) is 5.83. The van der Waals surface area contributed by atoms with Crippen LogP contribution in [0, 0.1) is 0 Å². The molecular weight excluding hydrogens is 326 g/mol. The highest BCUT2D eigenvalue weighted by Crippen LogP contribution is 2.20. The van der Waals surface area contributed by atoms with Crippen molar-refractivity contribution in [2.45, 2.75) is 6.54 Å². The maximum Gasteiger partial charge on any atom is 0.259 e. The second kappa shape index (κ2) is 8.16. The fraction of sp³-hybridized carbons (Fsp3) is 0.143. The lowest BCUT2D eigenvalue weighted by molar-refractivity contribution is 0.0992. The zero-order chi connectivity index (χ0) is 18.4. The molecule has 0 fully saturated rings. The summed E-state index contributed by atoms with van der Waals surface area (Å²) in [4.78, 5) is 18.5. The van der Waals surface area contributed by atoms with Gasteiger partial charge in [0.25, 0.3) is 5.91 Å². The number of methoxy groups -OCH3 is 1. The molecule has 5 heteroatoms. The van der Waals surface area contributed by atoms with E-state index in [-0.39, 0.29) is 5.91 Å². The summed E-state index contributed by atoms with van der Waals surface area (Å²) in [6.45, 7) is 0.581. The Morgan fingerprint density at radius 2 is 1.81 bits per heavy atom. The average molecular weight is 347 g/mol. The number of pyridine rings is 1. The molecule has 26 heavy (non-hydrogen) atoms. The quantitative estimate of drug-likeness (QED) is 0.733. The van der Waals surface area contributed by atoms with Gasteiger partial charge in [-0.1, -0.05) is 36.4 Å². The van der Waals surface area contributed by atoms with Crippen molar-refractivity contribution in [2.24, 2.45) is 0 Å². The molecule has 1 amide bonds. The molecule has 0 radical (unpaired) electrons. The number of para-hydroxylation sites is 2. The number of nitrogens with one attached hydrogen (secondary N) is 1. The zero-order valence-electron chi connectivity index (χ0n) is 14.8.